The number of para-hydroxylation sites is 1. The third-order valence-electron chi connectivity index (χ3n) is 2.71. The number of nitrogens with one attached hydrogen (secondary N) is 2. The molecule has 2 rings (SSSR count). The van der Waals surface area contributed by atoms with Gasteiger partial charge in [0.2, 0.25) is 5.56 Å². The van der Waals surface area contributed by atoms with E-state index in [1.165, 1.54) is 0 Å². The molecule has 1 aromatic heterocycles. The Bertz CT molecular complexity index is 548. The Kier molecular flexibility index (Phi) is 3.90. The summed E-state index contributed by atoms with van der Waals surface area (Å²) in [6.07, 6.45) is 0.946. The van der Waals surface area contributed by atoms with Crippen LogP contribution in [0.2, 0.25) is 0 Å². The van der Waals surface area contributed by atoms with Crippen LogP contribution >= 0.6 is 0 Å². The first-order chi connectivity index (χ1) is 8.31. The summed E-state index contributed by atoms with van der Waals surface area (Å²) in [5, 5.41) is 4.38. The van der Waals surface area contributed by atoms with Crippen LogP contribution in [0.25, 0.3) is 10.9 Å². The van der Waals surface area contributed by atoms with Crippen molar-refractivity contribution in [2.45, 2.75) is 13.0 Å². The van der Waals surface area contributed by atoms with E-state index < -0.39 is 0 Å². The second kappa shape index (κ2) is 5.61. The first-order valence-electron chi connectivity index (χ1n) is 5.83. The standard InChI is InChI=1S/C13H17N3O/c14-6-3-7-15-9-10-8-13(17)16-12-5-2-1-4-11(10)12/h1-2,4-5,8,15H,3,6-7,9,14H2,(H,16,17). The second-order valence-electron chi connectivity index (χ2n) is 4.02. The number of pyridine rings is 1. The predicted molar refractivity (Wildman–Crippen MR) is 69.9 cm³/mol. The SMILES string of the molecule is NCCCNCc1cc(=O)[nH]c2ccccc12. The van der Waals surface area contributed by atoms with Gasteiger partial charge in [-0.2, -0.15) is 0 Å². The lowest BCUT2D eigenvalue weighted by atomic mass is 10.1. The van der Waals surface area contributed by atoms with Crippen molar-refractivity contribution >= 4 is 10.9 Å². The van der Waals surface area contributed by atoms with E-state index in [0.29, 0.717) is 13.1 Å². The number of H-pyrrole nitrogens is 1. The second-order valence-corrected chi connectivity index (χ2v) is 4.02. The third kappa shape index (κ3) is 2.93. The number of aromatic amines is 1. The molecule has 2 aromatic rings. The largest absolute Gasteiger partial charge is 0.330 e. The zero-order valence-corrected chi connectivity index (χ0v) is 9.70. The summed E-state index contributed by atoms with van der Waals surface area (Å²) >= 11 is 0. The highest BCUT2D eigenvalue weighted by molar-refractivity contribution is 5.81. The highest BCUT2D eigenvalue weighted by Crippen LogP contribution is 2.13. The van der Waals surface area contributed by atoms with Crippen molar-refractivity contribution in [3.05, 3.63) is 46.2 Å². The van der Waals surface area contributed by atoms with Gasteiger partial charge in [0.15, 0.2) is 0 Å². The molecule has 0 bridgehead atoms. The van der Waals surface area contributed by atoms with Gasteiger partial charge in [0.1, 0.15) is 0 Å². The molecule has 0 amide bonds. The van der Waals surface area contributed by atoms with E-state index in [-0.39, 0.29) is 5.56 Å². The molecule has 4 nitrogen and oxygen atoms in total. The number of aromatic nitrogens is 1. The lowest BCUT2D eigenvalue weighted by Gasteiger charge is -2.07. The normalized spacial score (nSPS) is 10.9. The molecule has 0 aliphatic rings. The van der Waals surface area contributed by atoms with Gasteiger partial charge in [-0.25, -0.2) is 0 Å². The maximum Gasteiger partial charge on any atom is 0.248 e. The molecule has 1 heterocycles. The zero-order valence-electron chi connectivity index (χ0n) is 9.70. The third-order valence-corrected chi connectivity index (χ3v) is 2.71. The Labute approximate surface area is 99.8 Å². The number of nitrogens with two attached hydrogens (primary N) is 1. The molecule has 0 spiro atoms. The summed E-state index contributed by atoms with van der Waals surface area (Å²) in [5.41, 5.74) is 7.29. The lowest BCUT2D eigenvalue weighted by molar-refractivity contribution is 0.657. The fraction of sp³-hybridized carbons (Fsp3) is 0.308. The van der Waals surface area contributed by atoms with Gasteiger partial charge in [0.25, 0.3) is 0 Å². The van der Waals surface area contributed by atoms with E-state index >= 15 is 0 Å². The predicted octanol–water partition coefficient (Wildman–Crippen LogP) is 0.967. The average Bonchev–Trinajstić information content (AvgIpc) is 2.34. The molecular formula is C13H17N3O. The fourth-order valence-electron chi connectivity index (χ4n) is 1.87. The van der Waals surface area contributed by atoms with Crippen molar-refractivity contribution < 1.29 is 0 Å². The molecule has 0 aliphatic carbocycles. The van der Waals surface area contributed by atoms with E-state index in [1.807, 2.05) is 24.3 Å². The first kappa shape index (κ1) is 11.8. The maximum atomic E-state index is 11.5. The highest BCUT2D eigenvalue weighted by Gasteiger charge is 2.01. The van der Waals surface area contributed by atoms with Gasteiger partial charge in [-0.15, -0.1) is 0 Å². The molecule has 0 aliphatic heterocycles. The van der Waals surface area contributed by atoms with Crippen LogP contribution in [0.3, 0.4) is 0 Å². The van der Waals surface area contributed by atoms with E-state index in [2.05, 4.69) is 10.3 Å². The maximum absolute atomic E-state index is 11.5. The molecule has 1 aromatic carbocycles. The molecule has 17 heavy (non-hydrogen) atoms. The van der Waals surface area contributed by atoms with Crippen LogP contribution in [0.15, 0.2) is 35.1 Å². The van der Waals surface area contributed by atoms with Crippen molar-refractivity contribution in [1.29, 1.82) is 0 Å². The van der Waals surface area contributed by atoms with Crippen LogP contribution < -0.4 is 16.6 Å². The molecule has 0 radical (unpaired) electrons. The summed E-state index contributed by atoms with van der Waals surface area (Å²) in [5.74, 6) is 0. The van der Waals surface area contributed by atoms with E-state index in [0.717, 1.165) is 29.4 Å². The molecule has 0 atom stereocenters. The van der Waals surface area contributed by atoms with Crippen molar-refractivity contribution in [2.75, 3.05) is 13.1 Å². The van der Waals surface area contributed by atoms with Crippen LogP contribution in [0.4, 0.5) is 0 Å². The fourth-order valence-corrected chi connectivity index (χ4v) is 1.87. The molecule has 4 N–H and O–H groups in total. The van der Waals surface area contributed by atoms with Crippen molar-refractivity contribution in [1.82, 2.24) is 10.3 Å². The highest BCUT2D eigenvalue weighted by atomic mass is 16.1. The monoisotopic (exact) mass is 231 g/mol. The molecule has 90 valence electrons. The van der Waals surface area contributed by atoms with Crippen molar-refractivity contribution in [3.8, 4) is 0 Å². The Morgan fingerprint density at radius 2 is 2.12 bits per heavy atom. The first-order valence-corrected chi connectivity index (χ1v) is 5.83. The van der Waals surface area contributed by atoms with Gasteiger partial charge in [0, 0.05) is 23.5 Å². The van der Waals surface area contributed by atoms with Crippen molar-refractivity contribution in [3.63, 3.8) is 0 Å². The van der Waals surface area contributed by atoms with Gasteiger partial charge in [-0.3, -0.25) is 4.79 Å². The lowest BCUT2D eigenvalue weighted by Crippen LogP contribution is -2.19. The number of fused-ring (bicyclic) bond motifs is 1. The number of rotatable bonds is 5. The van der Waals surface area contributed by atoms with E-state index in [4.69, 9.17) is 5.73 Å². The van der Waals surface area contributed by atoms with Gasteiger partial charge < -0.3 is 16.0 Å². The zero-order chi connectivity index (χ0) is 12.1. The van der Waals surface area contributed by atoms with Crippen molar-refractivity contribution in [2.24, 2.45) is 5.73 Å². The van der Waals surface area contributed by atoms with Gasteiger partial charge in [-0.1, -0.05) is 18.2 Å². The molecule has 0 saturated heterocycles. The minimum atomic E-state index is -0.0562. The summed E-state index contributed by atoms with van der Waals surface area (Å²) in [4.78, 5) is 14.3. The minimum Gasteiger partial charge on any atom is -0.330 e. The van der Waals surface area contributed by atoms with Gasteiger partial charge in [-0.05, 0) is 31.1 Å². The Balaban J connectivity index is 2.23. The summed E-state index contributed by atoms with van der Waals surface area (Å²) in [6, 6.07) is 9.48. The number of hydrogen-bond acceptors (Lipinski definition) is 3. The van der Waals surface area contributed by atoms with E-state index in [9.17, 15) is 4.79 Å². The quantitative estimate of drug-likeness (QED) is 0.671. The average molecular weight is 231 g/mol. The molecule has 0 fully saturated rings. The molecule has 0 saturated carbocycles. The van der Waals surface area contributed by atoms with Crippen LogP contribution in [0.1, 0.15) is 12.0 Å². The molecule has 4 heteroatoms. The van der Waals surface area contributed by atoms with Gasteiger partial charge >= 0.3 is 0 Å². The smallest absolute Gasteiger partial charge is 0.248 e. The molecule has 0 unspecified atom stereocenters. The Morgan fingerprint density at radius 3 is 2.94 bits per heavy atom. The topological polar surface area (TPSA) is 70.9 Å². The van der Waals surface area contributed by atoms with Crippen LogP contribution in [0.5, 0.6) is 0 Å². The van der Waals surface area contributed by atoms with Crippen LogP contribution in [0, 0.1) is 0 Å². The number of benzene rings is 1. The Morgan fingerprint density at radius 1 is 1.29 bits per heavy atom. The molecular weight excluding hydrogens is 214 g/mol. The summed E-state index contributed by atoms with van der Waals surface area (Å²) < 4.78 is 0. The summed E-state index contributed by atoms with van der Waals surface area (Å²) in [6.45, 7) is 2.26. The summed E-state index contributed by atoms with van der Waals surface area (Å²) in [7, 11) is 0. The number of hydrogen-bond donors (Lipinski definition) is 3. The minimum absolute atomic E-state index is 0.0562. The van der Waals surface area contributed by atoms with Crippen LogP contribution in [-0.4, -0.2) is 18.1 Å². The van der Waals surface area contributed by atoms with E-state index in [1.54, 1.807) is 6.07 Å². The van der Waals surface area contributed by atoms with Gasteiger partial charge in [0.05, 0.1) is 0 Å². The Hall–Kier alpha value is -1.65. The van der Waals surface area contributed by atoms with Crippen LogP contribution in [-0.2, 0) is 6.54 Å².